The molecule has 0 spiro atoms. The number of carbonyl (C=O) groups is 4. The number of esters is 2. The molecule has 0 bridgehead atoms. The standard InChI is InChI=1S/C16H8O8/c17-13(18)7-3-8(14(19)20)5-10(4-7)23-9-1-2-11-12(6-9)16(22)24-15(11)21/h1-6H,(H,17,18)(H,19,20). The van der Waals surface area contributed by atoms with Crippen LogP contribution in [0.4, 0.5) is 0 Å². The smallest absolute Gasteiger partial charge is 0.347 e. The van der Waals surface area contributed by atoms with Gasteiger partial charge in [-0.05, 0) is 36.4 Å². The number of ether oxygens (including phenoxy) is 2. The van der Waals surface area contributed by atoms with Crippen molar-refractivity contribution in [1.29, 1.82) is 0 Å². The van der Waals surface area contributed by atoms with Gasteiger partial charge in [-0.1, -0.05) is 0 Å². The molecular weight excluding hydrogens is 320 g/mol. The Hall–Kier alpha value is -3.68. The third-order valence-electron chi connectivity index (χ3n) is 3.25. The van der Waals surface area contributed by atoms with Gasteiger partial charge in [-0.2, -0.15) is 0 Å². The molecule has 2 aromatic rings. The normalized spacial score (nSPS) is 12.5. The number of cyclic esters (lactones) is 2. The van der Waals surface area contributed by atoms with E-state index in [1.165, 1.54) is 18.2 Å². The zero-order chi connectivity index (χ0) is 17.4. The third kappa shape index (κ3) is 2.68. The Morgan fingerprint density at radius 2 is 1.38 bits per heavy atom. The quantitative estimate of drug-likeness (QED) is 0.646. The zero-order valence-corrected chi connectivity index (χ0v) is 11.8. The van der Waals surface area contributed by atoms with Gasteiger partial charge in [0.05, 0.1) is 22.3 Å². The van der Waals surface area contributed by atoms with Crippen LogP contribution < -0.4 is 4.74 Å². The molecule has 0 saturated heterocycles. The van der Waals surface area contributed by atoms with E-state index in [-0.39, 0.29) is 33.8 Å². The zero-order valence-electron chi connectivity index (χ0n) is 11.8. The molecule has 1 aliphatic heterocycles. The maximum atomic E-state index is 11.5. The Balaban J connectivity index is 1.98. The number of fused-ring (bicyclic) bond motifs is 1. The van der Waals surface area contributed by atoms with Gasteiger partial charge in [0.25, 0.3) is 0 Å². The molecule has 2 aromatic carbocycles. The number of carboxylic acids is 2. The molecule has 0 aromatic heterocycles. The number of carboxylic acid groups (broad SMARTS) is 2. The molecule has 0 atom stereocenters. The van der Waals surface area contributed by atoms with Crippen molar-refractivity contribution in [1.82, 2.24) is 0 Å². The highest BCUT2D eigenvalue weighted by Gasteiger charge is 2.30. The van der Waals surface area contributed by atoms with Crippen molar-refractivity contribution in [3.8, 4) is 11.5 Å². The highest BCUT2D eigenvalue weighted by atomic mass is 16.6. The summed E-state index contributed by atoms with van der Waals surface area (Å²) in [6, 6.07) is 7.26. The van der Waals surface area contributed by atoms with Gasteiger partial charge < -0.3 is 19.7 Å². The van der Waals surface area contributed by atoms with E-state index in [0.717, 1.165) is 18.2 Å². The first kappa shape index (κ1) is 15.2. The second-order valence-corrected chi connectivity index (χ2v) is 4.84. The monoisotopic (exact) mass is 328 g/mol. The average Bonchev–Trinajstić information content (AvgIpc) is 2.81. The molecule has 0 fully saturated rings. The lowest BCUT2D eigenvalue weighted by Gasteiger charge is -2.08. The van der Waals surface area contributed by atoms with Crippen LogP contribution in [0.5, 0.6) is 11.5 Å². The second kappa shape index (κ2) is 5.51. The number of hydrogen-bond acceptors (Lipinski definition) is 6. The fourth-order valence-electron chi connectivity index (χ4n) is 2.17. The Morgan fingerprint density at radius 1 is 0.792 bits per heavy atom. The highest BCUT2D eigenvalue weighted by Crippen LogP contribution is 2.29. The van der Waals surface area contributed by atoms with Crippen molar-refractivity contribution >= 4 is 23.9 Å². The first-order valence-electron chi connectivity index (χ1n) is 6.55. The van der Waals surface area contributed by atoms with E-state index in [1.807, 2.05) is 0 Å². The number of hydrogen-bond donors (Lipinski definition) is 2. The van der Waals surface area contributed by atoms with E-state index >= 15 is 0 Å². The second-order valence-electron chi connectivity index (χ2n) is 4.84. The molecule has 1 aliphatic rings. The SMILES string of the molecule is O=C(O)c1cc(Oc2ccc3c(c2)C(=O)OC3=O)cc(C(=O)O)c1. The molecule has 0 amide bonds. The fourth-order valence-corrected chi connectivity index (χ4v) is 2.17. The van der Waals surface area contributed by atoms with Crippen molar-refractivity contribution in [3.63, 3.8) is 0 Å². The lowest BCUT2D eigenvalue weighted by Crippen LogP contribution is -2.03. The fraction of sp³-hybridized carbons (Fsp3) is 0. The Morgan fingerprint density at radius 3 is 1.96 bits per heavy atom. The van der Waals surface area contributed by atoms with Gasteiger partial charge in [0.1, 0.15) is 11.5 Å². The Labute approximate surface area is 133 Å². The summed E-state index contributed by atoms with van der Waals surface area (Å²) in [5.41, 5.74) is -0.412. The third-order valence-corrected chi connectivity index (χ3v) is 3.25. The number of rotatable bonds is 4. The van der Waals surface area contributed by atoms with Crippen LogP contribution in [0.3, 0.4) is 0 Å². The molecule has 24 heavy (non-hydrogen) atoms. The van der Waals surface area contributed by atoms with Crippen LogP contribution in [0.25, 0.3) is 0 Å². The van der Waals surface area contributed by atoms with Gasteiger partial charge >= 0.3 is 23.9 Å². The summed E-state index contributed by atoms with van der Waals surface area (Å²) in [6.07, 6.45) is 0. The van der Waals surface area contributed by atoms with Gasteiger partial charge in [-0.15, -0.1) is 0 Å². The van der Waals surface area contributed by atoms with E-state index < -0.39 is 23.9 Å². The summed E-state index contributed by atoms with van der Waals surface area (Å²) in [5, 5.41) is 18.1. The largest absolute Gasteiger partial charge is 0.478 e. The van der Waals surface area contributed by atoms with Gasteiger partial charge in [0, 0.05) is 0 Å². The number of carbonyl (C=O) groups excluding carboxylic acids is 2. The molecule has 8 nitrogen and oxygen atoms in total. The van der Waals surface area contributed by atoms with Gasteiger partial charge in [-0.3, -0.25) is 0 Å². The van der Waals surface area contributed by atoms with Crippen molar-refractivity contribution in [3.05, 3.63) is 58.7 Å². The number of aromatic carboxylic acids is 2. The minimum Gasteiger partial charge on any atom is -0.478 e. The molecule has 120 valence electrons. The van der Waals surface area contributed by atoms with Crippen molar-refractivity contribution < 1.29 is 38.9 Å². The van der Waals surface area contributed by atoms with E-state index in [1.54, 1.807) is 0 Å². The molecule has 0 radical (unpaired) electrons. The van der Waals surface area contributed by atoms with E-state index in [2.05, 4.69) is 4.74 Å². The van der Waals surface area contributed by atoms with Crippen LogP contribution in [-0.2, 0) is 4.74 Å². The van der Waals surface area contributed by atoms with Crippen LogP contribution >= 0.6 is 0 Å². The van der Waals surface area contributed by atoms with E-state index in [4.69, 9.17) is 14.9 Å². The van der Waals surface area contributed by atoms with Crippen LogP contribution in [0.1, 0.15) is 41.4 Å². The topological polar surface area (TPSA) is 127 Å². The Bertz CT molecular complexity index is 880. The molecular formula is C16H8O8. The summed E-state index contributed by atoms with van der Waals surface area (Å²) in [6.45, 7) is 0. The molecule has 2 N–H and O–H groups in total. The maximum absolute atomic E-state index is 11.5. The first-order valence-corrected chi connectivity index (χ1v) is 6.55. The van der Waals surface area contributed by atoms with Crippen molar-refractivity contribution in [2.24, 2.45) is 0 Å². The first-order chi connectivity index (χ1) is 11.3. The molecule has 8 heteroatoms. The highest BCUT2D eigenvalue weighted by molar-refractivity contribution is 6.14. The minimum absolute atomic E-state index is 0.0188. The summed E-state index contributed by atoms with van der Waals surface area (Å²) in [4.78, 5) is 45.0. The van der Waals surface area contributed by atoms with Crippen LogP contribution in [0.15, 0.2) is 36.4 Å². The summed E-state index contributed by atoms with van der Waals surface area (Å²) in [5.74, 6) is -4.12. The lowest BCUT2D eigenvalue weighted by atomic mass is 10.1. The van der Waals surface area contributed by atoms with E-state index in [0.29, 0.717) is 0 Å². The minimum atomic E-state index is -1.31. The number of benzene rings is 2. The van der Waals surface area contributed by atoms with Crippen molar-refractivity contribution in [2.45, 2.75) is 0 Å². The van der Waals surface area contributed by atoms with Gasteiger partial charge in [0.2, 0.25) is 0 Å². The predicted octanol–water partition coefficient (Wildman–Crippen LogP) is 2.19. The average molecular weight is 328 g/mol. The predicted molar refractivity (Wildman–Crippen MR) is 76.6 cm³/mol. The van der Waals surface area contributed by atoms with Gasteiger partial charge in [-0.25, -0.2) is 19.2 Å². The van der Waals surface area contributed by atoms with E-state index in [9.17, 15) is 19.2 Å². The van der Waals surface area contributed by atoms with Crippen LogP contribution in [0, 0.1) is 0 Å². The molecule has 0 saturated carbocycles. The van der Waals surface area contributed by atoms with Crippen molar-refractivity contribution in [2.75, 3.05) is 0 Å². The Kier molecular flexibility index (Phi) is 3.49. The summed E-state index contributed by atoms with van der Waals surface area (Å²) in [7, 11) is 0. The molecule has 0 unspecified atom stereocenters. The van der Waals surface area contributed by atoms with Gasteiger partial charge in [0.15, 0.2) is 0 Å². The summed E-state index contributed by atoms with van der Waals surface area (Å²) < 4.78 is 9.87. The maximum Gasteiger partial charge on any atom is 0.347 e. The molecule has 0 aliphatic carbocycles. The molecule has 3 rings (SSSR count). The van der Waals surface area contributed by atoms with Crippen LogP contribution in [-0.4, -0.2) is 34.1 Å². The lowest BCUT2D eigenvalue weighted by molar-refractivity contribution is 0.0442. The summed E-state index contributed by atoms with van der Waals surface area (Å²) >= 11 is 0. The molecule has 1 heterocycles. The van der Waals surface area contributed by atoms with Crippen LogP contribution in [0.2, 0.25) is 0 Å².